The first-order valence-corrected chi connectivity index (χ1v) is 6.46. The van der Waals surface area contributed by atoms with E-state index in [9.17, 15) is 9.59 Å². The second kappa shape index (κ2) is 4.34. The second-order valence-corrected chi connectivity index (χ2v) is 5.20. The summed E-state index contributed by atoms with van der Waals surface area (Å²) < 4.78 is 0. The average molecular weight is 263 g/mol. The lowest BCUT2D eigenvalue weighted by molar-refractivity contribution is -0.132. The quantitative estimate of drug-likeness (QED) is 0.649. The zero-order chi connectivity index (χ0) is 13.5. The molecule has 0 aromatic carbocycles. The molecule has 19 heavy (non-hydrogen) atoms. The van der Waals surface area contributed by atoms with Crippen LogP contribution in [-0.2, 0) is 11.3 Å². The molecule has 2 aliphatic rings. The molecule has 1 aromatic heterocycles. The molecule has 7 heteroatoms. The number of aromatic amines is 1. The number of hydrogen-bond donors (Lipinski definition) is 3. The van der Waals surface area contributed by atoms with Crippen LogP contribution in [0.2, 0.25) is 0 Å². The molecule has 2 saturated heterocycles. The van der Waals surface area contributed by atoms with Crippen molar-refractivity contribution in [3.8, 4) is 0 Å². The Labute approximate surface area is 110 Å². The molecule has 1 spiro atoms. The number of nitrogens with zero attached hydrogens (tertiary/aromatic N) is 2. The summed E-state index contributed by atoms with van der Waals surface area (Å²) in [6.07, 6.45) is 1.29. The van der Waals surface area contributed by atoms with E-state index in [1.165, 1.54) is 4.90 Å². The van der Waals surface area contributed by atoms with Gasteiger partial charge in [-0.1, -0.05) is 0 Å². The van der Waals surface area contributed by atoms with Crippen LogP contribution in [0.25, 0.3) is 0 Å². The van der Waals surface area contributed by atoms with E-state index in [1.807, 2.05) is 13.0 Å². The van der Waals surface area contributed by atoms with Crippen LogP contribution in [0.15, 0.2) is 6.07 Å². The summed E-state index contributed by atoms with van der Waals surface area (Å²) in [6, 6.07) is 1.53. The van der Waals surface area contributed by atoms with E-state index < -0.39 is 5.54 Å². The molecular formula is C12H17N5O2. The summed E-state index contributed by atoms with van der Waals surface area (Å²) in [6.45, 7) is 3.61. The number of carbonyl (C=O) groups excluding carboxylic acids is 2. The maximum absolute atomic E-state index is 12.5. The molecule has 0 radical (unpaired) electrons. The summed E-state index contributed by atoms with van der Waals surface area (Å²) in [5, 5.41) is 12.9. The van der Waals surface area contributed by atoms with Gasteiger partial charge in [0.25, 0.3) is 5.91 Å². The van der Waals surface area contributed by atoms with Crippen molar-refractivity contribution in [3.05, 3.63) is 17.5 Å². The fraction of sp³-hybridized carbons (Fsp3) is 0.583. The van der Waals surface area contributed by atoms with Crippen molar-refractivity contribution in [2.24, 2.45) is 0 Å². The molecule has 2 fully saturated rings. The normalized spacial score (nSPS) is 22.1. The van der Waals surface area contributed by atoms with E-state index in [2.05, 4.69) is 20.8 Å². The minimum atomic E-state index is -0.701. The van der Waals surface area contributed by atoms with Crippen LogP contribution in [-0.4, -0.2) is 45.7 Å². The zero-order valence-electron chi connectivity index (χ0n) is 10.8. The van der Waals surface area contributed by atoms with E-state index in [1.54, 1.807) is 0 Å². The van der Waals surface area contributed by atoms with E-state index in [0.717, 1.165) is 18.8 Å². The van der Waals surface area contributed by atoms with Gasteiger partial charge in [-0.3, -0.25) is 14.8 Å². The number of aryl methyl sites for hydroxylation is 1. The van der Waals surface area contributed by atoms with Gasteiger partial charge < -0.3 is 10.6 Å². The topological polar surface area (TPSA) is 90.1 Å². The van der Waals surface area contributed by atoms with E-state index >= 15 is 0 Å². The first kappa shape index (κ1) is 12.2. The van der Waals surface area contributed by atoms with Crippen molar-refractivity contribution >= 4 is 11.9 Å². The highest BCUT2D eigenvalue weighted by Gasteiger charge is 2.51. The van der Waals surface area contributed by atoms with Crippen LogP contribution in [0, 0.1) is 6.92 Å². The Kier molecular flexibility index (Phi) is 2.78. The molecule has 1 aromatic rings. The Morgan fingerprint density at radius 1 is 1.37 bits per heavy atom. The fourth-order valence-electron chi connectivity index (χ4n) is 2.73. The minimum Gasteiger partial charge on any atom is -0.323 e. The maximum Gasteiger partial charge on any atom is 0.325 e. The number of imide groups is 1. The number of nitrogens with one attached hydrogen (secondary N) is 3. The van der Waals surface area contributed by atoms with Gasteiger partial charge in [0, 0.05) is 5.69 Å². The summed E-state index contributed by atoms with van der Waals surface area (Å²) in [7, 11) is 0. The van der Waals surface area contributed by atoms with E-state index in [4.69, 9.17) is 0 Å². The van der Waals surface area contributed by atoms with Gasteiger partial charge in [0.15, 0.2) is 0 Å². The van der Waals surface area contributed by atoms with Crippen molar-refractivity contribution in [1.29, 1.82) is 0 Å². The largest absolute Gasteiger partial charge is 0.325 e. The maximum atomic E-state index is 12.5. The molecule has 102 valence electrons. The van der Waals surface area contributed by atoms with Gasteiger partial charge in [0.2, 0.25) is 0 Å². The predicted molar refractivity (Wildman–Crippen MR) is 67.2 cm³/mol. The fourth-order valence-corrected chi connectivity index (χ4v) is 2.73. The Hall–Kier alpha value is -1.89. The first-order valence-electron chi connectivity index (χ1n) is 6.46. The van der Waals surface area contributed by atoms with Gasteiger partial charge in [0.05, 0.1) is 12.2 Å². The Morgan fingerprint density at radius 3 is 2.74 bits per heavy atom. The highest BCUT2D eigenvalue weighted by Crippen LogP contribution is 2.27. The molecule has 0 unspecified atom stereocenters. The molecule has 3 amide bonds. The molecule has 3 heterocycles. The second-order valence-electron chi connectivity index (χ2n) is 5.20. The van der Waals surface area contributed by atoms with Crippen LogP contribution in [0.3, 0.4) is 0 Å². The number of urea groups is 1. The Bertz CT molecular complexity index is 518. The third kappa shape index (κ3) is 1.99. The highest BCUT2D eigenvalue weighted by atomic mass is 16.2. The third-order valence-electron chi connectivity index (χ3n) is 3.78. The van der Waals surface area contributed by atoms with Crippen LogP contribution in [0.4, 0.5) is 4.79 Å². The summed E-state index contributed by atoms with van der Waals surface area (Å²) >= 11 is 0. The van der Waals surface area contributed by atoms with Gasteiger partial charge in [-0.15, -0.1) is 0 Å². The van der Waals surface area contributed by atoms with Gasteiger partial charge in [-0.2, -0.15) is 5.10 Å². The van der Waals surface area contributed by atoms with Crippen LogP contribution in [0.1, 0.15) is 24.2 Å². The SMILES string of the molecule is Cc1cc(CN2C(=O)NC3(CCNCC3)C2=O)n[nH]1. The minimum absolute atomic E-state index is 0.125. The highest BCUT2D eigenvalue weighted by molar-refractivity contribution is 6.07. The molecule has 3 rings (SSSR count). The number of aromatic nitrogens is 2. The number of carbonyl (C=O) groups is 2. The molecule has 0 saturated carbocycles. The first-order chi connectivity index (χ1) is 9.11. The van der Waals surface area contributed by atoms with Crippen molar-refractivity contribution in [2.75, 3.05) is 13.1 Å². The van der Waals surface area contributed by atoms with Gasteiger partial charge in [-0.25, -0.2) is 4.79 Å². The number of piperidine rings is 1. The molecule has 0 aliphatic carbocycles. The monoisotopic (exact) mass is 263 g/mol. The summed E-state index contributed by atoms with van der Waals surface area (Å²) in [4.78, 5) is 25.8. The Balaban J connectivity index is 1.79. The predicted octanol–water partition coefficient (Wildman–Crippen LogP) is -0.108. The number of rotatable bonds is 2. The van der Waals surface area contributed by atoms with E-state index in [0.29, 0.717) is 18.5 Å². The molecular weight excluding hydrogens is 246 g/mol. The van der Waals surface area contributed by atoms with Crippen molar-refractivity contribution in [3.63, 3.8) is 0 Å². The standard InChI is InChI=1S/C12H17N5O2/c1-8-6-9(16-15-8)7-17-10(18)12(14-11(17)19)2-4-13-5-3-12/h6,13H,2-5,7H2,1H3,(H,14,19)(H,15,16). The van der Waals surface area contributed by atoms with Crippen LogP contribution < -0.4 is 10.6 Å². The van der Waals surface area contributed by atoms with E-state index in [-0.39, 0.29) is 18.5 Å². The zero-order valence-corrected chi connectivity index (χ0v) is 10.8. The third-order valence-corrected chi connectivity index (χ3v) is 3.78. The molecule has 2 aliphatic heterocycles. The van der Waals surface area contributed by atoms with Gasteiger partial charge in [0.1, 0.15) is 5.54 Å². The molecule has 0 bridgehead atoms. The summed E-state index contributed by atoms with van der Waals surface area (Å²) in [5.41, 5.74) is 0.916. The number of hydrogen-bond acceptors (Lipinski definition) is 4. The smallest absolute Gasteiger partial charge is 0.323 e. The molecule has 7 nitrogen and oxygen atoms in total. The lowest BCUT2D eigenvalue weighted by Gasteiger charge is -2.30. The number of amides is 3. The average Bonchev–Trinajstić information content (AvgIpc) is 2.89. The van der Waals surface area contributed by atoms with Gasteiger partial charge in [-0.05, 0) is 38.9 Å². The lowest BCUT2D eigenvalue weighted by atomic mass is 9.88. The van der Waals surface area contributed by atoms with Crippen LogP contribution in [0.5, 0.6) is 0 Å². The lowest BCUT2D eigenvalue weighted by Crippen LogP contribution is -2.53. The van der Waals surface area contributed by atoms with Gasteiger partial charge >= 0.3 is 6.03 Å². The molecule has 0 atom stereocenters. The number of H-pyrrole nitrogens is 1. The molecule has 3 N–H and O–H groups in total. The van der Waals surface area contributed by atoms with Crippen molar-refractivity contribution in [1.82, 2.24) is 25.7 Å². The van der Waals surface area contributed by atoms with Crippen LogP contribution >= 0.6 is 0 Å². The van der Waals surface area contributed by atoms with Crippen molar-refractivity contribution < 1.29 is 9.59 Å². The van der Waals surface area contributed by atoms with Crippen molar-refractivity contribution in [2.45, 2.75) is 31.8 Å². The summed E-state index contributed by atoms with van der Waals surface area (Å²) in [5.74, 6) is -0.125. The Morgan fingerprint density at radius 2 is 2.11 bits per heavy atom.